The Morgan fingerprint density at radius 3 is 3.00 bits per heavy atom. The van der Waals surface area contributed by atoms with Gasteiger partial charge in [-0.25, -0.2) is 4.98 Å². The quantitative estimate of drug-likeness (QED) is 0.806. The summed E-state index contributed by atoms with van der Waals surface area (Å²) in [4.78, 5) is 4.20. The van der Waals surface area contributed by atoms with E-state index in [0.717, 1.165) is 16.7 Å². The van der Waals surface area contributed by atoms with Gasteiger partial charge in [0.05, 0.1) is 6.07 Å². The number of benzene rings is 1. The first kappa shape index (κ1) is 9.69. The van der Waals surface area contributed by atoms with Crippen molar-refractivity contribution in [2.45, 2.75) is 13.0 Å². The molecule has 1 aromatic carbocycles. The molecule has 15 heavy (non-hydrogen) atoms. The molecule has 0 saturated carbocycles. The van der Waals surface area contributed by atoms with Gasteiger partial charge in [-0.2, -0.15) is 5.26 Å². The van der Waals surface area contributed by atoms with Gasteiger partial charge in [-0.1, -0.05) is 6.07 Å². The van der Waals surface area contributed by atoms with Crippen LogP contribution in [-0.2, 0) is 0 Å². The molecule has 1 aromatic heterocycles. The van der Waals surface area contributed by atoms with Crippen LogP contribution in [0.4, 0.5) is 0 Å². The highest BCUT2D eigenvalue weighted by Crippen LogP contribution is 2.20. The van der Waals surface area contributed by atoms with Crippen molar-refractivity contribution in [3.63, 3.8) is 0 Å². The molecule has 1 heterocycles. The van der Waals surface area contributed by atoms with Crippen LogP contribution < -0.4 is 5.32 Å². The summed E-state index contributed by atoms with van der Waals surface area (Å²) in [5.74, 6) is 0.639. The second-order valence-electron chi connectivity index (χ2n) is 3.31. The lowest BCUT2D eigenvalue weighted by Crippen LogP contribution is -2.13. The molecule has 4 nitrogen and oxygen atoms in total. The Bertz CT molecular complexity index is 524. The zero-order chi connectivity index (χ0) is 10.8. The number of hydrogen-bond donors (Lipinski definition) is 1. The summed E-state index contributed by atoms with van der Waals surface area (Å²) < 4.78 is 5.40. The van der Waals surface area contributed by atoms with Gasteiger partial charge in [-0.15, -0.1) is 0 Å². The maximum Gasteiger partial charge on any atom is 0.192 e. The number of aromatic nitrogens is 1. The van der Waals surface area contributed by atoms with E-state index in [4.69, 9.17) is 9.68 Å². The first-order chi connectivity index (χ1) is 7.24. The molecule has 0 aliphatic heterocycles. The number of hydrogen-bond acceptors (Lipinski definition) is 4. The molecule has 0 amide bonds. The Balaban J connectivity index is 2.51. The highest BCUT2D eigenvalue weighted by atomic mass is 16.3. The Kier molecular flexibility index (Phi) is 2.40. The van der Waals surface area contributed by atoms with Crippen LogP contribution in [0.1, 0.15) is 17.5 Å². The summed E-state index contributed by atoms with van der Waals surface area (Å²) >= 11 is 0. The summed E-state index contributed by atoms with van der Waals surface area (Å²) in [6.07, 6.45) is 0. The second kappa shape index (κ2) is 3.71. The van der Waals surface area contributed by atoms with Crippen molar-refractivity contribution in [2.75, 3.05) is 7.05 Å². The third kappa shape index (κ3) is 1.69. The van der Waals surface area contributed by atoms with Crippen LogP contribution in [-0.4, -0.2) is 12.0 Å². The van der Waals surface area contributed by atoms with E-state index in [1.54, 1.807) is 14.0 Å². The molecule has 76 valence electrons. The molecule has 1 atom stereocenters. The van der Waals surface area contributed by atoms with Crippen molar-refractivity contribution >= 4 is 11.1 Å². The van der Waals surface area contributed by atoms with Gasteiger partial charge in [0, 0.05) is 6.92 Å². The van der Waals surface area contributed by atoms with Gasteiger partial charge < -0.3 is 9.73 Å². The Morgan fingerprint density at radius 2 is 2.33 bits per heavy atom. The zero-order valence-electron chi connectivity index (χ0n) is 8.61. The number of nitriles is 1. The Labute approximate surface area is 87.5 Å². The molecule has 2 rings (SSSR count). The molecule has 0 bridgehead atoms. The number of rotatable bonds is 2. The van der Waals surface area contributed by atoms with Crippen LogP contribution in [0.2, 0.25) is 0 Å². The molecule has 0 aliphatic rings. The van der Waals surface area contributed by atoms with E-state index >= 15 is 0 Å². The average Bonchev–Trinajstić information content (AvgIpc) is 2.59. The molecule has 1 unspecified atom stereocenters. The molecular weight excluding hydrogens is 190 g/mol. The minimum atomic E-state index is -0.306. The molecule has 4 heteroatoms. The molecule has 0 saturated heterocycles. The second-order valence-corrected chi connectivity index (χ2v) is 3.31. The largest absolute Gasteiger partial charge is 0.441 e. The van der Waals surface area contributed by atoms with Gasteiger partial charge >= 0.3 is 0 Å². The van der Waals surface area contributed by atoms with Crippen LogP contribution in [0.5, 0.6) is 0 Å². The van der Waals surface area contributed by atoms with Crippen molar-refractivity contribution in [3.05, 3.63) is 29.7 Å². The van der Waals surface area contributed by atoms with Gasteiger partial charge in [-0.3, -0.25) is 0 Å². The molecule has 2 aromatic rings. The minimum absolute atomic E-state index is 0.306. The van der Waals surface area contributed by atoms with Crippen molar-refractivity contribution in [1.29, 1.82) is 5.26 Å². The topological polar surface area (TPSA) is 61.9 Å². The molecular formula is C11H11N3O. The fourth-order valence-corrected chi connectivity index (χ4v) is 1.54. The number of nitrogens with zero attached hydrogens (tertiary/aromatic N) is 2. The number of aryl methyl sites for hydroxylation is 1. The van der Waals surface area contributed by atoms with Crippen molar-refractivity contribution < 1.29 is 4.42 Å². The number of nitrogens with one attached hydrogen (secondary N) is 1. The lowest BCUT2D eigenvalue weighted by molar-refractivity contribution is 0.560. The van der Waals surface area contributed by atoms with Crippen molar-refractivity contribution in [3.8, 4) is 6.07 Å². The van der Waals surface area contributed by atoms with Crippen LogP contribution in [0.25, 0.3) is 11.1 Å². The highest BCUT2D eigenvalue weighted by molar-refractivity contribution is 5.73. The summed E-state index contributed by atoms with van der Waals surface area (Å²) in [5.41, 5.74) is 2.44. The van der Waals surface area contributed by atoms with E-state index in [0.29, 0.717) is 5.89 Å². The normalized spacial score (nSPS) is 12.6. The van der Waals surface area contributed by atoms with Gasteiger partial charge in [0.25, 0.3) is 0 Å². The predicted octanol–water partition coefficient (Wildman–Crippen LogP) is 1.92. The van der Waals surface area contributed by atoms with E-state index in [1.807, 2.05) is 18.2 Å². The molecule has 1 N–H and O–H groups in total. The number of fused-ring (bicyclic) bond motifs is 1. The first-order valence-corrected chi connectivity index (χ1v) is 4.68. The predicted molar refractivity (Wildman–Crippen MR) is 56.2 cm³/mol. The van der Waals surface area contributed by atoms with E-state index in [-0.39, 0.29) is 6.04 Å². The van der Waals surface area contributed by atoms with Crippen molar-refractivity contribution in [2.24, 2.45) is 0 Å². The molecule has 0 aliphatic carbocycles. The fourth-order valence-electron chi connectivity index (χ4n) is 1.54. The van der Waals surface area contributed by atoms with E-state index < -0.39 is 0 Å². The zero-order valence-corrected chi connectivity index (χ0v) is 8.61. The SMILES string of the molecule is CNC(C#N)c1ccc2nc(C)oc2c1. The highest BCUT2D eigenvalue weighted by Gasteiger charge is 2.10. The molecule has 0 fully saturated rings. The van der Waals surface area contributed by atoms with E-state index in [1.165, 1.54) is 0 Å². The monoisotopic (exact) mass is 201 g/mol. The summed E-state index contributed by atoms with van der Waals surface area (Å²) in [6, 6.07) is 7.46. The Hall–Kier alpha value is -1.86. The van der Waals surface area contributed by atoms with E-state index in [2.05, 4.69) is 16.4 Å². The number of oxazole rings is 1. The van der Waals surface area contributed by atoms with Gasteiger partial charge in [0.2, 0.25) is 0 Å². The minimum Gasteiger partial charge on any atom is -0.441 e. The Morgan fingerprint density at radius 1 is 1.53 bits per heavy atom. The van der Waals surface area contributed by atoms with E-state index in [9.17, 15) is 0 Å². The molecule has 0 radical (unpaired) electrons. The third-order valence-electron chi connectivity index (χ3n) is 2.27. The fraction of sp³-hybridized carbons (Fsp3) is 0.273. The van der Waals surface area contributed by atoms with Gasteiger partial charge in [0.15, 0.2) is 11.5 Å². The standard InChI is InChI=1S/C11H11N3O/c1-7-14-9-4-3-8(5-11(9)15-7)10(6-12)13-2/h3-5,10,13H,1-2H3. The first-order valence-electron chi connectivity index (χ1n) is 4.68. The summed E-state index contributed by atoms with van der Waals surface area (Å²) in [6.45, 7) is 1.81. The lowest BCUT2D eigenvalue weighted by Gasteiger charge is -2.06. The van der Waals surface area contributed by atoms with Crippen LogP contribution in [0, 0.1) is 18.3 Å². The smallest absolute Gasteiger partial charge is 0.192 e. The maximum atomic E-state index is 8.90. The summed E-state index contributed by atoms with van der Waals surface area (Å²) in [5, 5.41) is 11.8. The maximum absolute atomic E-state index is 8.90. The lowest BCUT2D eigenvalue weighted by atomic mass is 10.1. The third-order valence-corrected chi connectivity index (χ3v) is 2.27. The average molecular weight is 201 g/mol. The van der Waals surface area contributed by atoms with Gasteiger partial charge in [-0.05, 0) is 24.7 Å². The van der Waals surface area contributed by atoms with Crippen LogP contribution in [0.3, 0.4) is 0 Å². The summed E-state index contributed by atoms with van der Waals surface area (Å²) in [7, 11) is 1.75. The van der Waals surface area contributed by atoms with Crippen LogP contribution >= 0.6 is 0 Å². The van der Waals surface area contributed by atoms with Crippen LogP contribution in [0.15, 0.2) is 22.6 Å². The molecule has 0 spiro atoms. The van der Waals surface area contributed by atoms with Crippen molar-refractivity contribution in [1.82, 2.24) is 10.3 Å². The van der Waals surface area contributed by atoms with Gasteiger partial charge in [0.1, 0.15) is 11.6 Å².